The third-order valence-corrected chi connectivity index (χ3v) is 5.86. The number of carbonyl (C=O) groups excluding carboxylic acids is 1. The summed E-state index contributed by atoms with van der Waals surface area (Å²) in [6.07, 6.45) is 7.00. The number of likely N-dealkylation sites (tertiary alicyclic amines) is 1. The zero-order valence-electron chi connectivity index (χ0n) is 17.8. The number of hydrogen-bond acceptors (Lipinski definition) is 5. The van der Waals surface area contributed by atoms with Crippen LogP contribution in [0.25, 0.3) is 22.0 Å². The van der Waals surface area contributed by atoms with Gasteiger partial charge in [-0.2, -0.15) is 0 Å². The Balaban J connectivity index is 1.51. The zero-order chi connectivity index (χ0) is 22.8. The molecule has 6 nitrogen and oxygen atoms in total. The average Bonchev–Trinajstić information content (AvgIpc) is 3.34. The second-order valence-electron chi connectivity index (χ2n) is 7.91. The van der Waals surface area contributed by atoms with E-state index >= 15 is 4.39 Å². The highest BCUT2D eigenvalue weighted by Crippen LogP contribution is 2.36. The van der Waals surface area contributed by atoms with Gasteiger partial charge in [0.2, 0.25) is 11.8 Å². The van der Waals surface area contributed by atoms with E-state index in [-0.39, 0.29) is 11.8 Å². The third kappa shape index (κ3) is 4.17. The minimum atomic E-state index is -0.402. The molecule has 33 heavy (non-hydrogen) atoms. The normalized spacial score (nSPS) is 15.5. The first kappa shape index (κ1) is 20.8. The van der Waals surface area contributed by atoms with Gasteiger partial charge in [-0.3, -0.25) is 4.79 Å². The molecule has 1 saturated heterocycles. The number of amides is 1. The van der Waals surface area contributed by atoms with Crippen molar-refractivity contribution in [3.8, 4) is 22.8 Å². The minimum Gasteiger partial charge on any atom is -0.439 e. The summed E-state index contributed by atoms with van der Waals surface area (Å²) in [7, 11) is 0. The summed E-state index contributed by atoms with van der Waals surface area (Å²) in [4.78, 5) is 26.6. The quantitative estimate of drug-likeness (QED) is 0.403. The Morgan fingerprint density at radius 1 is 1.18 bits per heavy atom. The Morgan fingerprint density at radius 3 is 2.88 bits per heavy atom. The van der Waals surface area contributed by atoms with Crippen molar-refractivity contribution in [1.82, 2.24) is 19.9 Å². The average molecular weight is 440 g/mol. The zero-order valence-corrected chi connectivity index (χ0v) is 17.8. The van der Waals surface area contributed by atoms with Gasteiger partial charge in [0.05, 0.1) is 5.52 Å². The molecule has 0 aliphatic carbocycles. The number of halogens is 1. The van der Waals surface area contributed by atoms with Crippen LogP contribution in [-0.2, 0) is 4.79 Å². The molecule has 164 valence electrons. The Labute approximate surface area is 190 Å². The Morgan fingerprint density at radius 2 is 2.09 bits per heavy atom. The summed E-state index contributed by atoms with van der Waals surface area (Å²) < 4.78 is 20.8. The molecule has 0 bridgehead atoms. The summed E-state index contributed by atoms with van der Waals surface area (Å²) in [5.41, 5.74) is 2.98. The molecule has 2 aromatic carbocycles. The van der Waals surface area contributed by atoms with Gasteiger partial charge in [-0.1, -0.05) is 12.6 Å². The van der Waals surface area contributed by atoms with Crippen LogP contribution in [0.5, 0.6) is 11.6 Å². The van der Waals surface area contributed by atoms with Crippen LogP contribution in [0.1, 0.15) is 17.9 Å². The molecule has 1 fully saturated rings. The number of ether oxygens (including phenoxy) is 1. The maximum absolute atomic E-state index is 15.2. The lowest BCUT2D eigenvalue weighted by molar-refractivity contribution is -0.125. The monoisotopic (exact) mass is 440 g/mol. The minimum absolute atomic E-state index is 0.0814. The van der Waals surface area contributed by atoms with Gasteiger partial charge in [0.25, 0.3) is 0 Å². The van der Waals surface area contributed by atoms with Crippen LogP contribution in [0, 0.1) is 5.82 Å². The molecule has 7 heteroatoms. The molecule has 1 amide bonds. The lowest BCUT2D eigenvalue weighted by Crippen LogP contribution is -2.26. The molecule has 0 spiro atoms. The van der Waals surface area contributed by atoms with Crippen molar-refractivity contribution in [1.29, 1.82) is 0 Å². The predicted octanol–water partition coefficient (Wildman–Crippen LogP) is 5.13. The fraction of sp³-hybridized carbons (Fsp3) is 0.154. The van der Waals surface area contributed by atoms with E-state index in [2.05, 4.69) is 21.5 Å². The lowest BCUT2D eigenvalue weighted by Gasteiger charge is -2.17. The van der Waals surface area contributed by atoms with Crippen LogP contribution in [0.3, 0.4) is 0 Å². The van der Waals surface area contributed by atoms with Crippen LogP contribution in [0.4, 0.5) is 4.39 Å². The van der Waals surface area contributed by atoms with E-state index < -0.39 is 5.82 Å². The van der Waals surface area contributed by atoms with E-state index in [0.29, 0.717) is 30.3 Å². The van der Waals surface area contributed by atoms with Crippen molar-refractivity contribution < 1.29 is 13.9 Å². The van der Waals surface area contributed by atoms with Gasteiger partial charge in [0.1, 0.15) is 17.9 Å². The molecule has 2 aromatic heterocycles. The van der Waals surface area contributed by atoms with Gasteiger partial charge in [-0.15, -0.1) is 0 Å². The maximum Gasteiger partial charge on any atom is 0.245 e. The summed E-state index contributed by atoms with van der Waals surface area (Å²) >= 11 is 0. The van der Waals surface area contributed by atoms with Gasteiger partial charge in [-0.25, -0.2) is 19.3 Å². The molecule has 1 aliphatic rings. The molecular weight excluding hydrogens is 419 g/mol. The molecule has 3 heterocycles. The molecule has 1 atom stereocenters. The number of rotatable bonds is 5. The molecule has 0 saturated carbocycles. The summed E-state index contributed by atoms with van der Waals surface area (Å²) in [6, 6.07) is 13.9. The molecule has 1 aliphatic heterocycles. The van der Waals surface area contributed by atoms with Crippen molar-refractivity contribution in [2.45, 2.75) is 12.3 Å². The summed E-state index contributed by atoms with van der Waals surface area (Å²) in [6.45, 7) is 4.81. The second-order valence-corrected chi connectivity index (χ2v) is 7.91. The van der Waals surface area contributed by atoms with Crippen LogP contribution in [0.15, 0.2) is 79.9 Å². The first-order chi connectivity index (χ1) is 16.1. The van der Waals surface area contributed by atoms with Crippen molar-refractivity contribution in [3.05, 3.63) is 91.3 Å². The topological polar surface area (TPSA) is 68.2 Å². The second kappa shape index (κ2) is 8.78. The Bertz CT molecular complexity index is 1340. The van der Waals surface area contributed by atoms with Crippen molar-refractivity contribution >= 4 is 16.8 Å². The van der Waals surface area contributed by atoms with Crippen LogP contribution in [-0.4, -0.2) is 38.8 Å². The number of aromatic nitrogens is 3. The van der Waals surface area contributed by atoms with Crippen LogP contribution >= 0.6 is 0 Å². The molecule has 0 N–H and O–H groups in total. The fourth-order valence-corrected chi connectivity index (χ4v) is 4.26. The highest BCUT2D eigenvalue weighted by atomic mass is 19.1. The first-order valence-electron chi connectivity index (χ1n) is 10.7. The molecule has 0 radical (unpaired) electrons. The van der Waals surface area contributed by atoms with E-state index in [1.54, 1.807) is 47.6 Å². The van der Waals surface area contributed by atoms with Gasteiger partial charge in [0.15, 0.2) is 0 Å². The van der Waals surface area contributed by atoms with Crippen LogP contribution < -0.4 is 4.74 Å². The highest BCUT2D eigenvalue weighted by Gasteiger charge is 2.28. The third-order valence-electron chi connectivity index (χ3n) is 5.86. The molecule has 4 aromatic rings. The molecule has 1 unspecified atom stereocenters. The molecular formula is C26H21FN4O2. The standard InChI is InChI=1S/C26H21FN4O2/c1-2-25(32)31-10-8-17(15-31)22-12-18(11-19-14-28-16-30-26(19)22)21-7-6-20(13-23(21)27)33-24-5-3-4-9-29-24/h2-7,9,11-14,16-17H,1,8,10,15H2. The van der Waals surface area contributed by atoms with E-state index in [1.165, 1.54) is 18.5 Å². The number of fused-ring (bicyclic) bond motifs is 1. The number of benzene rings is 2. The number of hydrogen-bond donors (Lipinski definition) is 0. The number of carbonyl (C=O) groups is 1. The predicted molar refractivity (Wildman–Crippen MR) is 123 cm³/mol. The number of nitrogens with zero attached hydrogens (tertiary/aromatic N) is 4. The highest BCUT2D eigenvalue weighted by molar-refractivity contribution is 5.89. The van der Waals surface area contributed by atoms with E-state index in [9.17, 15) is 4.79 Å². The van der Waals surface area contributed by atoms with E-state index in [1.807, 2.05) is 12.1 Å². The van der Waals surface area contributed by atoms with Crippen molar-refractivity contribution in [2.75, 3.05) is 13.1 Å². The maximum atomic E-state index is 15.2. The summed E-state index contributed by atoms with van der Waals surface area (Å²) in [5, 5.41) is 0.826. The van der Waals surface area contributed by atoms with Gasteiger partial charge >= 0.3 is 0 Å². The Hall–Kier alpha value is -4.13. The molecule has 5 rings (SSSR count). The van der Waals surface area contributed by atoms with Crippen LogP contribution in [0.2, 0.25) is 0 Å². The van der Waals surface area contributed by atoms with Crippen molar-refractivity contribution in [2.24, 2.45) is 0 Å². The Kier molecular flexibility index (Phi) is 5.52. The summed E-state index contributed by atoms with van der Waals surface area (Å²) in [5.74, 6) is 0.381. The van der Waals surface area contributed by atoms with Gasteiger partial charge < -0.3 is 9.64 Å². The van der Waals surface area contributed by atoms with E-state index in [0.717, 1.165) is 28.5 Å². The fourth-order valence-electron chi connectivity index (χ4n) is 4.26. The number of pyridine rings is 1. The SMILES string of the molecule is C=CC(=O)N1CCC(c2cc(-c3ccc(Oc4ccccn4)cc3F)cc3cncnc23)C1. The van der Waals surface area contributed by atoms with Crippen molar-refractivity contribution in [3.63, 3.8) is 0 Å². The largest absolute Gasteiger partial charge is 0.439 e. The van der Waals surface area contributed by atoms with Gasteiger partial charge in [0, 0.05) is 54.5 Å². The van der Waals surface area contributed by atoms with Gasteiger partial charge in [-0.05, 0) is 54.0 Å². The first-order valence-corrected chi connectivity index (χ1v) is 10.7. The lowest BCUT2D eigenvalue weighted by atomic mass is 9.91. The smallest absolute Gasteiger partial charge is 0.245 e. The van der Waals surface area contributed by atoms with E-state index in [4.69, 9.17) is 4.74 Å².